The first-order chi connectivity index (χ1) is 13.0. The first-order valence-corrected chi connectivity index (χ1v) is 9.09. The second-order valence-corrected chi connectivity index (χ2v) is 7.15. The van der Waals surface area contributed by atoms with E-state index in [0.717, 1.165) is 22.7 Å². The molecule has 0 saturated carbocycles. The highest BCUT2D eigenvalue weighted by molar-refractivity contribution is 6.31. The van der Waals surface area contributed by atoms with Crippen molar-refractivity contribution in [3.05, 3.63) is 58.7 Å². The average molecular weight is 383 g/mol. The van der Waals surface area contributed by atoms with Crippen LogP contribution in [-0.4, -0.2) is 44.9 Å². The molecule has 2 atom stereocenters. The van der Waals surface area contributed by atoms with E-state index in [-0.39, 0.29) is 6.04 Å². The molecule has 3 N–H and O–H groups in total. The molecule has 3 aromatic rings. The molecule has 0 bridgehead atoms. The lowest BCUT2D eigenvalue weighted by Gasteiger charge is -2.35. The Bertz CT molecular complexity index is 1010. The molecule has 7 nitrogen and oxygen atoms in total. The van der Waals surface area contributed by atoms with Crippen LogP contribution in [0.3, 0.4) is 0 Å². The lowest BCUT2D eigenvalue weighted by Crippen LogP contribution is -2.52. The third-order valence-electron chi connectivity index (χ3n) is 4.85. The second-order valence-electron chi connectivity index (χ2n) is 6.72. The predicted molar refractivity (Wildman–Crippen MR) is 105 cm³/mol. The maximum absolute atomic E-state index is 9.94. The zero-order valence-corrected chi connectivity index (χ0v) is 15.3. The summed E-state index contributed by atoms with van der Waals surface area (Å²) in [6, 6.07) is 8.89. The molecule has 0 aliphatic carbocycles. The highest BCUT2D eigenvalue weighted by Crippen LogP contribution is 2.28. The van der Waals surface area contributed by atoms with Crippen LogP contribution in [-0.2, 0) is 6.54 Å². The number of rotatable bonds is 3. The Balaban J connectivity index is 1.76. The number of aliphatic hydroxyl groups is 1. The number of hydrogen-bond acceptors (Lipinski definition) is 5. The molecule has 0 radical (unpaired) electrons. The van der Waals surface area contributed by atoms with E-state index >= 15 is 0 Å². The topological polar surface area (TPSA) is 84.6 Å². The Kier molecular flexibility index (Phi) is 4.70. The Morgan fingerprint density at radius 3 is 2.89 bits per heavy atom. The number of halogens is 1. The third-order valence-corrected chi connectivity index (χ3v) is 5.09. The summed E-state index contributed by atoms with van der Waals surface area (Å²) in [6.45, 7) is 8.77. The van der Waals surface area contributed by atoms with E-state index in [1.54, 1.807) is 12.3 Å². The van der Waals surface area contributed by atoms with Gasteiger partial charge in [-0.05, 0) is 30.7 Å². The lowest BCUT2D eigenvalue weighted by atomic mass is 10.0. The van der Waals surface area contributed by atoms with Crippen LogP contribution in [0.2, 0.25) is 5.02 Å². The van der Waals surface area contributed by atoms with Gasteiger partial charge in [0, 0.05) is 30.4 Å². The van der Waals surface area contributed by atoms with Crippen molar-refractivity contribution in [3.63, 3.8) is 0 Å². The van der Waals surface area contributed by atoms with Crippen molar-refractivity contribution >= 4 is 34.3 Å². The van der Waals surface area contributed by atoms with E-state index in [1.807, 2.05) is 24.3 Å². The minimum atomic E-state index is -0.489. The number of pyridine rings is 1. The van der Waals surface area contributed by atoms with E-state index in [4.69, 9.17) is 28.9 Å². The monoisotopic (exact) mass is 382 g/mol. The quantitative estimate of drug-likeness (QED) is 0.680. The number of hydrogen-bond donors (Lipinski definition) is 2. The number of aliphatic hydroxyl groups excluding tert-OH is 1. The molecular weight excluding hydrogens is 364 g/mol. The van der Waals surface area contributed by atoms with Crippen LogP contribution in [0, 0.1) is 6.57 Å². The van der Waals surface area contributed by atoms with E-state index in [2.05, 4.69) is 19.3 Å². The van der Waals surface area contributed by atoms with Crippen molar-refractivity contribution in [2.75, 3.05) is 18.0 Å². The number of benzene rings is 1. The number of aromatic nitrogens is 3. The molecule has 0 amide bonds. The number of anilines is 1. The van der Waals surface area contributed by atoms with Gasteiger partial charge in [0.2, 0.25) is 11.6 Å². The van der Waals surface area contributed by atoms with Crippen molar-refractivity contribution in [1.29, 1.82) is 0 Å². The Morgan fingerprint density at radius 1 is 1.33 bits per heavy atom. The summed E-state index contributed by atoms with van der Waals surface area (Å²) in [7, 11) is 0. The number of nitrogens with zero attached hydrogens (tertiary/aromatic N) is 5. The summed E-state index contributed by atoms with van der Waals surface area (Å²) in [6.07, 6.45) is 1.68. The molecule has 2 aromatic heterocycles. The zero-order valence-electron chi connectivity index (χ0n) is 14.6. The lowest BCUT2D eigenvalue weighted by molar-refractivity contribution is 0.124. The Hall–Kier alpha value is -2.66. The molecule has 4 rings (SSSR count). The molecule has 0 unspecified atom stereocenters. The Labute approximate surface area is 161 Å². The third kappa shape index (κ3) is 3.47. The molecule has 8 heteroatoms. The van der Waals surface area contributed by atoms with Gasteiger partial charge in [-0.1, -0.05) is 17.7 Å². The van der Waals surface area contributed by atoms with Gasteiger partial charge >= 0.3 is 0 Å². The maximum Gasteiger partial charge on any atom is 0.206 e. The van der Waals surface area contributed by atoms with Gasteiger partial charge in [-0.2, -0.15) is 0 Å². The van der Waals surface area contributed by atoms with Gasteiger partial charge in [0.05, 0.1) is 35.9 Å². The standard InChI is InChI=1S/C19H19ClN6O/c1-22-13-3-4-14(23-9-13)10-26-17-8-12(20)2-5-16(17)24-19(26)25-7-6-18(27)15(21)11-25/h2-5,8-9,15,18,27H,6-7,10-11,21H2/t15-,18+/m1/s1. The fourth-order valence-corrected chi connectivity index (χ4v) is 3.54. The first kappa shape index (κ1) is 17.7. The SMILES string of the molecule is [C-]#[N+]c1ccc(Cn2c(N3CC[C@H](O)[C@H](N)C3)nc3ccc(Cl)cc32)nc1. The molecule has 1 fully saturated rings. The molecule has 1 aromatic carbocycles. The Morgan fingerprint density at radius 2 is 2.19 bits per heavy atom. The smallest absolute Gasteiger partial charge is 0.206 e. The molecule has 1 saturated heterocycles. The predicted octanol–water partition coefficient (Wildman–Crippen LogP) is 2.58. The minimum Gasteiger partial charge on any atom is -0.391 e. The molecule has 1 aliphatic heterocycles. The molecule has 1 aliphatic rings. The van der Waals surface area contributed by atoms with Gasteiger partial charge in [0.25, 0.3) is 0 Å². The summed E-state index contributed by atoms with van der Waals surface area (Å²) in [4.78, 5) is 14.6. The number of piperidine rings is 1. The summed E-state index contributed by atoms with van der Waals surface area (Å²) in [5, 5.41) is 10.6. The van der Waals surface area contributed by atoms with E-state index in [0.29, 0.717) is 36.8 Å². The number of fused-ring (bicyclic) bond motifs is 1. The fraction of sp³-hybridized carbons (Fsp3) is 0.316. The highest BCUT2D eigenvalue weighted by atomic mass is 35.5. The zero-order chi connectivity index (χ0) is 19.0. The van der Waals surface area contributed by atoms with Gasteiger partial charge in [0.15, 0.2) is 0 Å². The number of nitrogens with two attached hydrogens (primary N) is 1. The van der Waals surface area contributed by atoms with Crippen LogP contribution >= 0.6 is 11.6 Å². The fourth-order valence-electron chi connectivity index (χ4n) is 3.37. The summed E-state index contributed by atoms with van der Waals surface area (Å²) >= 11 is 6.21. The normalized spacial score (nSPS) is 20.0. The summed E-state index contributed by atoms with van der Waals surface area (Å²) in [5.41, 5.74) is 9.15. The molecule has 138 valence electrons. The van der Waals surface area contributed by atoms with Gasteiger partial charge in [-0.3, -0.25) is 4.98 Å². The van der Waals surface area contributed by atoms with Crippen molar-refractivity contribution in [2.45, 2.75) is 25.1 Å². The van der Waals surface area contributed by atoms with Crippen molar-refractivity contribution in [3.8, 4) is 0 Å². The number of imidazole rings is 1. The maximum atomic E-state index is 9.94. The van der Waals surface area contributed by atoms with Gasteiger partial charge < -0.3 is 20.3 Å². The van der Waals surface area contributed by atoms with Crippen LogP contribution < -0.4 is 10.6 Å². The molecule has 3 heterocycles. The van der Waals surface area contributed by atoms with E-state index < -0.39 is 6.10 Å². The van der Waals surface area contributed by atoms with Crippen molar-refractivity contribution < 1.29 is 5.11 Å². The highest BCUT2D eigenvalue weighted by Gasteiger charge is 2.28. The second kappa shape index (κ2) is 7.16. The van der Waals surface area contributed by atoms with Crippen molar-refractivity contribution in [1.82, 2.24) is 14.5 Å². The van der Waals surface area contributed by atoms with E-state index in [9.17, 15) is 5.11 Å². The van der Waals surface area contributed by atoms with Gasteiger partial charge in [-0.15, -0.1) is 0 Å². The minimum absolute atomic E-state index is 0.313. The van der Waals surface area contributed by atoms with E-state index in [1.165, 1.54) is 0 Å². The molecule has 27 heavy (non-hydrogen) atoms. The van der Waals surface area contributed by atoms with Gasteiger partial charge in [-0.25, -0.2) is 9.83 Å². The largest absolute Gasteiger partial charge is 0.391 e. The van der Waals surface area contributed by atoms with Crippen LogP contribution in [0.1, 0.15) is 12.1 Å². The average Bonchev–Trinajstić information content (AvgIpc) is 3.02. The summed E-state index contributed by atoms with van der Waals surface area (Å²) in [5.74, 6) is 0.783. The van der Waals surface area contributed by atoms with Crippen molar-refractivity contribution in [2.24, 2.45) is 5.73 Å². The van der Waals surface area contributed by atoms with Gasteiger partial charge in [0.1, 0.15) is 0 Å². The van der Waals surface area contributed by atoms with Crippen LogP contribution in [0.5, 0.6) is 0 Å². The first-order valence-electron chi connectivity index (χ1n) is 8.72. The summed E-state index contributed by atoms with van der Waals surface area (Å²) < 4.78 is 2.06. The van der Waals surface area contributed by atoms with Crippen LogP contribution in [0.15, 0.2) is 36.5 Å². The van der Waals surface area contributed by atoms with Crippen LogP contribution in [0.4, 0.5) is 11.6 Å². The molecular formula is C19H19ClN6O. The molecule has 0 spiro atoms. The van der Waals surface area contributed by atoms with Crippen LogP contribution in [0.25, 0.3) is 15.9 Å².